The largest absolute Gasteiger partial charge is 0.245 e. The Labute approximate surface area is 78.1 Å². The molecule has 0 amide bonds. The maximum atomic E-state index is 13.2. The van der Waals surface area contributed by atoms with Gasteiger partial charge in [0.2, 0.25) is 10.0 Å². The van der Waals surface area contributed by atoms with Crippen molar-refractivity contribution < 1.29 is 12.8 Å². The van der Waals surface area contributed by atoms with Crippen molar-refractivity contribution in [2.75, 3.05) is 6.26 Å². The van der Waals surface area contributed by atoms with Crippen LogP contribution in [-0.2, 0) is 10.0 Å². The lowest BCUT2D eigenvalue weighted by Gasteiger charge is -2.27. The van der Waals surface area contributed by atoms with Crippen LogP contribution in [0.25, 0.3) is 0 Å². The van der Waals surface area contributed by atoms with E-state index in [4.69, 9.17) is 0 Å². The van der Waals surface area contributed by atoms with Crippen LogP contribution >= 0.6 is 0 Å². The molecule has 1 aliphatic rings. The summed E-state index contributed by atoms with van der Waals surface area (Å²) in [5.41, 5.74) is 0.860. The van der Waals surface area contributed by atoms with Gasteiger partial charge in [0, 0.05) is 6.42 Å². The van der Waals surface area contributed by atoms with Gasteiger partial charge < -0.3 is 0 Å². The Balaban J connectivity index is 2.57. The average molecular weight is 207 g/mol. The molecular weight excluding hydrogens is 193 g/mol. The maximum absolute atomic E-state index is 13.2. The van der Waals surface area contributed by atoms with E-state index >= 15 is 0 Å². The zero-order valence-electron chi connectivity index (χ0n) is 7.59. The van der Waals surface area contributed by atoms with Crippen LogP contribution in [0, 0.1) is 0 Å². The number of hydrogen-bond donors (Lipinski definition) is 1. The normalized spacial score (nSPS) is 30.5. The highest BCUT2D eigenvalue weighted by Gasteiger charge is 2.28. The Kier molecular flexibility index (Phi) is 3.08. The van der Waals surface area contributed by atoms with Crippen LogP contribution < -0.4 is 4.72 Å². The van der Waals surface area contributed by atoms with Crippen molar-refractivity contribution in [2.24, 2.45) is 0 Å². The molecule has 0 aromatic heterocycles. The lowest BCUT2D eigenvalue weighted by Crippen LogP contribution is -2.43. The van der Waals surface area contributed by atoms with Crippen molar-refractivity contribution in [3.63, 3.8) is 0 Å². The third-order valence-electron chi connectivity index (χ3n) is 2.09. The van der Waals surface area contributed by atoms with Gasteiger partial charge in [-0.05, 0) is 12.8 Å². The van der Waals surface area contributed by atoms with Crippen molar-refractivity contribution in [3.05, 3.63) is 12.2 Å². The number of nitrogens with one attached hydrogen (secondary N) is 1. The molecule has 0 aromatic rings. The Morgan fingerprint density at radius 2 is 2.23 bits per heavy atom. The highest BCUT2D eigenvalue weighted by atomic mass is 32.2. The van der Waals surface area contributed by atoms with Crippen molar-refractivity contribution in [1.29, 1.82) is 0 Å². The standard InChI is InChI=1S/C8H14FNO2S/c1-6-3-4-8(7(9)5-6)10-13(2,11)12/h7-8,10H,1,3-5H2,2H3. The van der Waals surface area contributed by atoms with E-state index in [0.717, 1.165) is 11.8 Å². The maximum Gasteiger partial charge on any atom is 0.209 e. The Bertz CT molecular complexity index is 299. The van der Waals surface area contributed by atoms with Gasteiger partial charge >= 0.3 is 0 Å². The Morgan fingerprint density at radius 3 is 2.69 bits per heavy atom. The first kappa shape index (κ1) is 10.7. The van der Waals surface area contributed by atoms with Crippen molar-refractivity contribution in [2.45, 2.75) is 31.5 Å². The quantitative estimate of drug-likeness (QED) is 0.686. The summed E-state index contributed by atoms with van der Waals surface area (Å²) in [7, 11) is -3.29. The second-order valence-electron chi connectivity index (χ2n) is 3.51. The zero-order chi connectivity index (χ0) is 10.1. The summed E-state index contributed by atoms with van der Waals surface area (Å²) in [5, 5.41) is 0. The fourth-order valence-electron chi connectivity index (χ4n) is 1.47. The molecule has 0 aromatic carbocycles. The number of rotatable bonds is 2. The molecule has 1 saturated carbocycles. The van der Waals surface area contributed by atoms with Gasteiger partial charge in [0.1, 0.15) is 6.17 Å². The first-order chi connectivity index (χ1) is 5.88. The van der Waals surface area contributed by atoms with Crippen molar-refractivity contribution in [3.8, 4) is 0 Å². The molecule has 1 N–H and O–H groups in total. The summed E-state index contributed by atoms with van der Waals surface area (Å²) in [5.74, 6) is 0. The van der Waals surface area contributed by atoms with E-state index in [0.29, 0.717) is 12.8 Å². The van der Waals surface area contributed by atoms with E-state index in [1.807, 2.05) is 0 Å². The summed E-state index contributed by atoms with van der Waals surface area (Å²) in [4.78, 5) is 0. The molecule has 3 nitrogen and oxygen atoms in total. The summed E-state index contributed by atoms with van der Waals surface area (Å²) in [6, 6.07) is -0.569. The van der Waals surface area contributed by atoms with Crippen molar-refractivity contribution in [1.82, 2.24) is 4.72 Å². The number of allylic oxidation sites excluding steroid dienone is 1. The molecule has 1 aliphatic carbocycles. The van der Waals surface area contributed by atoms with Gasteiger partial charge in [-0.15, -0.1) is 0 Å². The molecule has 0 heterocycles. The molecular formula is C8H14FNO2S. The molecule has 2 unspecified atom stereocenters. The average Bonchev–Trinajstić information content (AvgIpc) is 1.93. The molecule has 76 valence electrons. The topological polar surface area (TPSA) is 46.2 Å². The summed E-state index contributed by atoms with van der Waals surface area (Å²) in [6.45, 7) is 3.68. The SMILES string of the molecule is C=C1CCC(NS(C)(=O)=O)C(F)C1. The van der Waals surface area contributed by atoms with E-state index in [2.05, 4.69) is 11.3 Å². The van der Waals surface area contributed by atoms with Gasteiger partial charge in [-0.3, -0.25) is 0 Å². The van der Waals surface area contributed by atoms with E-state index in [9.17, 15) is 12.8 Å². The van der Waals surface area contributed by atoms with Crippen LogP contribution in [0.15, 0.2) is 12.2 Å². The zero-order valence-corrected chi connectivity index (χ0v) is 8.40. The van der Waals surface area contributed by atoms with Crippen LogP contribution in [0.3, 0.4) is 0 Å². The smallest absolute Gasteiger partial charge is 0.209 e. The van der Waals surface area contributed by atoms with Crippen LogP contribution in [0.4, 0.5) is 4.39 Å². The lowest BCUT2D eigenvalue weighted by atomic mass is 9.91. The number of sulfonamides is 1. The fourth-order valence-corrected chi connectivity index (χ4v) is 2.28. The summed E-state index contributed by atoms with van der Waals surface area (Å²) >= 11 is 0. The van der Waals surface area contributed by atoms with E-state index in [1.165, 1.54) is 0 Å². The molecule has 0 bridgehead atoms. The number of alkyl halides is 1. The van der Waals surface area contributed by atoms with Gasteiger partial charge in [-0.2, -0.15) is 0 Å². The van der Waals surface area contributed by atoms with Gasteiger partial charge in [-0.25, -0.2) is 17.5 Å². The first-order valence-corrected chi connectivity index (χ1v) is 6.05. The van der Waals surface area contributed by atoms with Gasteiger partial charge in [0.05, 0.1) is 12.3 Å². The van der Waals surface area contributed by atoms with E-state index in [1.54, 1.807) is 0 Å². The molecule has 0 aliphatic heterocycles. The van der Waals surface area contributed by atoms with Crippen LogP contribution in [-0.4, -0.2) is 26.9 Å². The van der Waals surface area contributed by atoms with Crippen LogP contribution in [0.5, 0.6) is 0 Å². The third kappa shape index (κ3) is 3.44. The lowest BCUT2D eigenvalue weighted by molar-refractivity contribution is 0.236. The van der Waals surface area contributed by atoms with Crippen LogP contribution in [0.1, 0.15) is 19.3 Å². The molecule has 2 atom stereocenters. The molecule has 0 saturated heterocycles. The molecule has 1 fully saturated rings. The first-order valence-electron chi connectivity index (χ1n) is 4.16. The minimum absolute atomic E-state index is 0.271. The predicted molar refractivity (Wildman–Crippen MR) is 49.7 cm³/mol. The molecule has 0 radical (unpaired) electrons. The van der Waals surface area contributed by atoms with Gasteiger partial charge in [0.15, 0.2) is 0 Å². The Hall–Kier alpha value is -0.420. The minimum atomic E-state index is -3.29. The summed E-state index contributed by atoms with van der Waals surface area (Å²) in [6.07, 6.45) is 1.40. The second-order valence-corrected chi connectivity index (χ2v) is 5.29. The highest BCUT2D eigenvalue weighted by Crippen LogP contribution is 2.25. The van der Waals surface area contributed by atoms with Gasteiger partial charge in [0.25, 0.3) is 0 Å². The fraction of sp³-hybridized carbons (Fsp3) is 0.750. The predicted octanol–water partition coefficient (Wildman–Crippen LogP) is 0.982. The number of halogens is 1. The van der Waals surface area contributed by atoms with Gasteiger partial charge in [-0.1, -0.05) is 12.2 Å². The monoisotopic (exact) mass is 207 g/mol. The second kappa shape index (κ2) is 3.75. The minimum Gasteiger partial charge on any atom is -0.245 e. The van der Waals surface area contributed by atoms with Crippen LogP contribution in [0.2, 0.25) is 0 Å². The van der Waals surface area contributed by atoms with E-state index in [-0.39, 0.29) is 6.42 Å². The summed E-state index contributed by atoms with van der Waals surface area (Å²) < 4.78 is 37.2. The number of hydrogen-bond acceptors (Lipinski definition) is 2. The third-order valence-corrected chi connectivity index (χ3v) is 2.83. The highest BCUT2D eigenvalue weighted by molar-refractivity contribution is 7.88. The van der Waals surface area contributed by atoms with Crippen molar-refractivity contribution >= 4 is 10.0 Å². The molecule has 13 heavy (non-hydrogen) atoms. The van der Waals surface area contributed by atoms with E-state index < -0.39 is 22.2 Å². The Morgan fingerprint density at radius 1 is 1.62 bits per heavy atom. The molecule has 5 heteroatoms. The molecule has 1 rings (SSSR count). The molecule has 0 spiro atoms.